The predicted molar refractivity (Wildman–Crippen MR) is 78.0 cm³/mol. The summed E-state index contributed by atoms with van der Waals surface area (Å²) in [6, 6.07) is 14.0. The van der Waals surface area contributed by atoms with Gasteiger partial charge in [0.2, 0.25) is 0 Å². The smallest absolute Gasteiger partial charge is 0.136 e. The maximum absolute atomic E-state index is 13.2. The average molecular weight is 357 g/mol. The van der Waals surface area contributed by atoms with Gasteiger partial charge in [-0.2, -0.15) is 0 Å². The quantitative estimate of drug-likeness (QED) is 0.850. The summed E-state index contributed by atoms with van der Waals surface area (Å²) in [5.74, 6) is 0.457. The van der Waals surface area contributed by atoms with Gasteiger partial charge in [-0.1, -0.05) is 18.2 Å². The van der Waals surface area contributed by atoms with Crippen molar-refractivity contribution >= 4 is 22.6 Å². The summed E-state index contributed by atoms with van der Waals surface area (Å²) in [5, 5.41) is 0. The summed E-state index contributed by atoms with van der Waals surface area (Å²) in [5.41, 5.74) is 6.44. The van der Waals surface area contributed by atoms with Crippen molar-refractivity contribution in [2.75, 3.05) is 6.54 Å². The summed E-state index contributed by atoms with van der Waals surface area (Å²) >= 11 is 2.21. The molecule has 0 spiro atoms. The van der Waals surface area contributed by atoms with Gasteiger partial charge in [-0.3, -0.25) is 0 Å². The van der Waals surface area contributed by atoms with Gasteiger partial charge in [0.15, 0.2) is 0 Å². The molecule has 4 heteroatoms. The van der Waals surface area contributed by atoms with Crippen LogP contribution in [0.2, 0.25) is 0 Å². The molecular formula is C14H13FINO. The molecule has 0 heterocycles. The molecule has 0 saturated heterocycles. The lowest BCUT2D eigenvalue weighted by atomic mass is 10.1. The van der Waals surface area contributed by atoms with Crippen molar-refractivity contribution in [1.82, 2.24) is 0 Å². The Labute approximate surface area is 119 Å². The predicted octanol–water partition coefficient (Wildman–Crippen LogP) is 3.51. The van der Waals surface area contributed by atoms with Gasteiger partial charge < -0.3 is 10.5 Å². The van der Waals surface area contributed by atoms with Crippen molar-refractivity contribution in [2.45, 2.75) is 6.10 Å². The van der Waals surface area contributed by atoms with Crippen molar-refractivity contribution in [3.63, 3.8) is 0 Å². The largest absolute Gasteiger partial charge is 0.484 e. The third-order valence-electron chi connectivity index (χ3n) is 2.51. The second kappa shape index (κ2) is 6.15. The molecule has 2 aromatic carbocycles. The normalized spacial score (nSPS) is 12.2. The van der Waals surface area contributed by atoms with Crippen LogP contribution in [0.25, 0.3) is 0 Å². The fourth-order valence-corrected chi connectivity index (χ4v) is 2.18. The lowest BCUT2D eigenvalue weighted by Gasteiger charge is -2.18. The van der Waals surface area contributed by atoms with E-state index in [1.807, 2.05) is 30.3 Å². The molecule has 2 nitrogen and oxygen atoms in total. The Hall–Kier alpha value is -1.14. The minimum Gasteiger partial charge on any atom is -0.484 e. The third-order valence-corrected chi connectivity index (χ3v) is 3.18. The van der Waals surface area contributed by atoms with Crippen LogP contribution in [0.3, 0.4) is 0 Å². The minimum absolute atomic E-state index is 0.280. The number of hydrogen-bond donors (Lipinski definition) is 1. The van der Waals surface area contributed by atoms with Crippen LogP contribution in [-0.2, 0) is 0 Å². The Morgan fingerprint density at radius 1 is 1.17 bits per heavy atom. The minimum atomic E-state index is -0.334. The van der Waals surface area contributed by atoms with Crippen LogP contribution in [-0.4, -0.2) is 6.54 Å². The highest BCUT2D eigenvalue weighted by Crippen LogP contribution is 2.23. The maximum Gasteiger partial charge on any atom is 0.136 e. The molecule has 2 rings (SSSR count). The molecule has 1 atom stereocenters. The summed E-state index contributed by atoms with van der Waals surface area (Å²) in [6.07, 6.45) is -0.334. The van der Waals surface area contributed by atoms with Crippen molar-refractivity contribution in [2.24, 2.45) is 5.73 Å². The summed E-state index contributed by atoms with van der Waals surface area (Å²) in [7, 11) is 0. The number of halogens is 2. The van der Waals surface area contributed by atoms with Crippen molar-refractivity contribution in [3.8, 4) is 5.75 Å². The first-order valence-electron chi connectivity index (χ1n) is 5.57. The Bertz CT molecular complexity index is 533. The van der Waals surface area contributed by atoms with Crippen molar-refractivity contribution in [1.29, 1.82) is 0 Å². The second-order valence-electron chi connectivity index (χ2n) is 3.85. The van der Waals surface area contributed by atoms with Crippen LogP contribution in [0.4, 0.5) is 4.39 Å². The molecule has 0 saturated carbocycles. The molecule has 0 amide bonds. The summed E-state index contributed by atoms with van der Waals surface area (Å²) in [4.78, 5) is 0. The molecule has 94 valence electrons. The molecule has 0 aliphatic heterocycles. The first kappa shape index (κ1) is 13.3. The molecule has 1 unspecified atom stereocenters. The lowest BCUT2D eigenvalue weighted by molar-refractivity contribution is 0.213. The van der Waals surface area contributed by atoms with E-state index < -0.39 is 0 Å². The molecular weight excluding hydrogens is 344 g/mol. The molecule has 0 aliphatic rings. The Morgan fingerprint density at radius 3 is 2.61 bits per heavy atom. The van der Waals surface area contributed by atoms with Gasteiger partial charge >= 0.3 is 0 Å². The Kier molecular flexibility index (Phi) is 4.54. The van der Waals surface area contributed by atoms with Gasteiger partial charge in [0.25, 0.3) is 0 Å². The van der Waals surface area contributed by atoms with E-state index in [0.29, 0.717) is 6.54 Å². The van der Waals surface area contributed by atoms with E-state index in [0.717, 1.165) is 14.9 Å². The molecule has 18 heavy (non-hydrogen) atoms. The van der Waals surface area contributed by atoms with Crippen LogP contribution in [0.1, 0.15) is 11.7 Å². The SMILES string of the molecule is NCC(Oc1cccc(I)c1)c1cccc(F)c1. The standard InChI is InChI=1S/C14H13FINO/c15-11-4-1-3-10(7-11)14(9-17)18-13-6-2-5-12(16)8-13/h1-8,14H,9,17H2. The number of ether oxygens (including phenoxy) is 1. The molecule has 0 aliphatic carbocycles. The van der Waals surface area contributed by atoms with Crippen LogP contribution in [0, 0.1) is 9.39 Å². The van der Waals surface area contributed by atoms with Gasteiger partial charge in [-0.05, 0) is 58.5 Å². The zero-order chi connectivity index (χ0) is 13.0. The monoisotopic (exact) mass is 357 g/mol. The number of rotatable bonds is 4. The zero-order valence-electron chi connectivity index (χ0n) is 9.64. The fraction of sp³-hybridized carbons (Fsp3) is 0.143. The van der Waals surface area contributed by atoms with Gasteiger partial charge in [0, 0.05) is 10.1 Å². The third kappa shape index (κ3) is 3.43. The average Bonchev–Trinajstić information content (AvgIpc) is 2.36. The highest BCUT2D eigenvalue weighted by Gasteiger charge is 2.12. The van der Waals surface area contributed by atoms with Gasteiger partial charge in [0.1, 0.15) is 17.7 Å². The number of nitrogens with two attached hydrogens (primary N) is 1. The zero-order valence-corrected chi connectivity index (χ0v) is 11.8. The lowest BCUT2D eigenvalue weighted by Crippen LogP contribution is -2.18. The number of hydrogen-bond acceptors (Lipinski definition) is 2. The van der Waals surface area contributed by atoms with Gasteiger partial charge in [-0.25, -0.2) is 4.39 Å². The van der Waals surface area contributed by atoms with Gasteiger partial charge in [0.05, 0.1) is 0 Å². The first-order valence-corrected chi connectivity index (χ1v) is 6.64. The van der Waals surface area contributed by atoms with E-state index in [1.165, 1.54) is 12.1 Å². The summed E-state index contributed by atoms with van der Waals surface area (Å²) < 4.78 is 20.0. The van der Waals surface area contributed by atoms with Crippen LogP contribution >= 0.6 is 22.6 Å². The van der Waals surface area contributed by atoms with E-state index in [9.17, 15) is 4.39 Å². The van der Waals surface area contributed by atoms with Crippen molar-refractivity contribution in [3.05, 3.63) is 63.5 Å². The molecule has 0 radical (unpaired) electrons. The molecule has 0 bridgehead atoms. The van der Waals surface area contributed by atoms with Crippen LogP contribution in [0.15, 0.2) is 48.5 Å². The number of benzene rings is 2. The Morgan fingerprint density at radius 2 is 1.94 bits per heavy atom. The van der Waals surface area contributed by atoms with Crippen LogP contribution in [0.5, 0.6) is 5.75 Å². The van der Waals surface area contributed by atoms with E-state index in [-0.39, 0.29) is 11.9 Å². The van der Waals surface area contributed by atoms with Gasteiger partial charge in [-0.15, -0.1) is 0 Å². The summed E-state index contributed by atoms with van der Waals surface area (Å²) in [6.45, 7) is 0.301. The second-order valence-corrected chi connectivity index (χ2v) is 5.10. The van der Waals surface area contributed by atoms with E-state index in [1.54, 1.807) is 6.07 Å². The van der Waals surface area contributed by atoms with E-state index in [2.05, 4.69) is 22.6 Å². The van der Waals surface area contributed by atoms with E-state index >= 15 is 0 Å². The van der Waals surface area contributed by atoms with Crippen LogP contribution < -0.4 is 10.5 Å². The molecule has 0 aromatic heterocycles. The van der Waals surface area contributed by atoms with Crippen molar-refractivity contribution < 1.29 is 9.13 Å². The first-order chi connectivity index (χ1) is 8.69. The molecule has 0 fully saturated rings. The van der Waals surface area contributed by atoms with E-state index in [4.69, 9.17) is 10.5 Å². The topological polar surface area (TPSA) is 35.2 Å². The highest BCUT2D eigenvalue weighted by atomic mass is 127. The Balaban J connectivity index is 2.19. The maximum atomic E-state index is 13.2. The fourth-order valence-electron chi connectivity index (χ4n) is 1.66. The highest BCUT2D eigenvalue weighted by molar-refractivity contribution is 14.1. The molecule has 2 aromatic rings. The molecule has 2 N–H and O–H groups in total.